The second kappa shape index (κ2) is 9.44. The van der Waals surface area contributed by atoms with E-state index < -0.39 is 0 Å². The predicted octanol–water partition coefficient (Wildman–Crippen LogP) is 4.65. The van der Waals surface area contributed by atoms with Gasteiger partial charge in [-0.3, -0.25) is 9.89 Å². The van der Waals surface area contributed by atoms with Crippen molar-refractivity contribution >= 4 is 35.1 Å². The van der Waals surface area contributed by atoms with Gasteiger partial charge in [-0.2, -0.15) is 5.26 Å². The molecule has 0 fully saturated rings. The number of H-pyrrole nitrogens is 1. The smallest absolute Gasteiger partial charge is 0.234 e. The summed E-state index contributed by atoms with van der Waals surface area (Å²) in [5.41, 5.74) is 3.88. The summed E-state index contributed by atoms with van der Waals surface area (Å²) in [5, 5.41) is 21.3. The molecule has 0 saturated carbocycles. The van der Waals surface area contributed by atoms with Gasteiger partial charge in [0, 0.05) is 16.1 Å². The van der Waals surface area contributed by atoms with E-state index in [0.717, 1.165) is 39.9 Å². The Morgan fingerprint density at radius 3 is 2.71 bits per heavy atom. The molecule has 0 radical (unpaired) electrons. The molecule has 2 aromatic carbocycles. The van der Waals surface area contributed by atoms with Crippen molar-refractivity contribution in [2.45, 2.75) is 30.3 Å². The second-order valence-corrected chi connectivity index (χ2v) is 7.82. The van der Waals surface area contributed by atoms with Crippen LogP contribution in [0.1, 0.15) is 18.1 Å². The molecule has 0 atom stereocenters. The third-order valence-electron chi connectivity index (χ3n) is 4.07. The number of thioether (sulfide) groups is 2. The Bertz CT molecular complexity index is 1010. The van der Waals surface area contributed by atoms with E-state index in [1.807, 2.05) is 42.7 Å². The highest BCUT2D eigenvalue weighted by Gasteiger charge is 2.10. The molecule has 6 nitrogen and oxygen atoms in total. The first-order valence-electron chi connectivity index (χ1n) is 8.70. The van der Waals surface area contributed by atoms with Crippen LogP contribution in [-0.4, -0.2) is 26.8 Å². The molecule has 1 heterocycles. The number of carbonyl (C=O) groups excluding carboxylic acids is 1. The summed E-state index contributed by atoms with van der Waals surface area (Å²) in [6.45, 7) is 4.01. The number of amides is 1. The maximum Gasteiger partial charge on any atom is 0.234 e. The number of hydrogen-bond acceptors (Lipinski definition) is 6. The maximum atomic E-state index is 12.2. The minimum atomic E-state index is -0.132. The highest BCUT2D eigenvalue weighted by Crippen LogP contribution is 2.24. The number of aromatic amines is 1. The quantitative estimate of drug-likeness (QED) is 0.436. The van der Waals surface area contributed by atoms with Crippen LogP contribution in [0.3, 0.4) is 0 Å². The first kappa shape index (κ1) is 20.0. The van der Waals surface area contributed by atoms with Crippen LogP contribution in [0, 0.1) is 17.6 Å². The summed E-state index contributed by atoms with van der Waals surface area (Å²) in [5.74, 6) is 0.764. The Hall–Kier alpha value is -2.76. The van der Waals surface area contributed by atoms with E-state index in [4.69, 9.17) is 5.26 Å². The zero-order valence-electron chi connectivity index (χ0n) is 15.5. The number of anilines is 1. The summed E-state index contributed by atoms with van der Waals surface area (Å²) in [7, 11) is 0. The minimum Gasteiger partial charge on any atom is -0.325 e. The fraction of sp³-hybridized carbons (Fsp3) is 0.200. The van der Waals surface area contributed by atoms with E-state index in [2.05, 4.69) is 39.6 Å². The predicted molar refractivity (Wildman–Crippen MR) is 113 cm³/mol. The third kappa shape index (κ3) is 5.15. The van der Waals surface area contributed by atoms with Gasteiger partial charge in [0.05, 0.1) is 5.75 Å². The van der Waals surface area contributed by atoms with Crippen molar-refractivity contribution in [3.05, 3.63) is 53.6 Å². The van der Waals surface area contributed by atoms with Crippen LogP contribution in [0.4, 0.5) is 5.69 Å². The maximum absolute atomic E-state index is 12.2. The summed E-state index contributed by atoms with van der Waals surface area (Å²) in [6, 6.07) is 13.7. The summed E-state index contributed by atoms with van der Waals surface area (Å²) in [4.78, 5) is 17.5. The summed E-state index contributed by atoms with van der Waals surface area (Å²) >= 11 is 2.37. The number of aryl methyl sites for hydroxylation is 2. The van der Waals surface area contributed by atoms with Gasteiger partial charge >= 0.3 is 0 Å². The Morgan fingerprint density at radius 1 is 1.25 bits per heavy atom. The molecule has 2 N–H and O–H groups in total. The number of benzene rings is 2. The van der Waals surface area contributed by atoms with Crippen LogP contribution in [0.25, 0.3) is 11.4 Å². The average molecular weight is 410 g/mol. The van der Waals surface area contributed by atoms with Gasteiger partial charge < -0.3 is 5.32 Å². The van der Waals surface area contributed by atoms with Crippen molar-refractivity contribution < 1.29 is 4.79 Å². The normalized spacial score (nSPS) is 10.5. The Labute approximate surface area is 172 Å². The summed E-state index contributed by atoms with van der Waals surface area (Å²) < 4.78 is 0. The van der Waals surface area contributed by atoms with Gasteiger partial charge in [0.1, 0.15) is 5.40 Å². The number of nitriles is 1. The van der Waals surface area contributed by atoms with Crippen molar-refractivity contribution in [3.8, 4) is 16.8 Å². The number of nitrogens with one attached hydrogen (secondary N) is 2. The van der Waals surface area contributed by atoms with E-state index in [1.165, 1.54) is 17.3 Å². The molecule has 142 valence electrons. The van der Waals surface area contributed by atoms with Crippen LogP contribution in [-0.2, 0) is 11.2 Å². The van der Waals surface area contributed by atoms with Crippen molar-refractivity contribution in [1.82, 2.24) is 15.2 Å². The van der Waals surface area contributed by atoms with Crippen molar-refractivity contribution in [3.63, 3.8) is 0 Å². The first-order chi connectivity index (χ1) is 13.6. The van der Waals surface area contributed by atoms with Crippen molar-refractivity contribution in [1.29, 1.82) is 5.26 Å². The van der Waals surface area contributed by atoms with Gasteiger partial charge in [0.2, 0.25) is 11.1 Å². The molecule has 0 aliphatic carbocycles. The number of nitrogens with zero attached hydrogens (tertiary/aromatic N) is 3. The minimum absolute atomic E-state index is 0.132. The molecule has 0 saturated heterocycles. The molecule has 0 unspecified atom stereocenters. The first-order valence-corrected chi connectivity index (χ1v) is 10.5. The number of thiocyanates is 1. The monoisotopic (exact) mass is 409 g/mol. The molecule has 0 spiro atoms. The topological polar surface area (TPSA) is 94.5 Å². The number of aromatic nitrogens is 3. The largest absolute Gasteiger partial charge is 0.325 e. The van der Waals surface area contributed by atoms with Gasteiger partial charge in [0.25, 0.3) is 0 Å². The Morgan fingerprint density at radius 2 is 2.04 bits per heavy atom. The lowest BCUT2D eigenvalue weighted by Crippen LogP contribution is -2.14. The lowest BCUT2D eigenvalue weighted by molar-refractivity contribution is -0.113. The molecular weight excluding hydrogens is 390 g/mol. The number of rotatable bonds is 7. The molecule has 0 aliphatic heterocycles. The van der Waals surface area contributed by atoms with Gasteiger partial charge in [-0.25, -0.2) is 4.98 Å². The van der Waals surface area contributed by atoms with Crippen molar-refractivity contribution in [2.24, 2.45) is 0 Å². The highest BCUT2D eigenvalue weighted by atomic mass is 32.2. The number of carbonyl (C=O) groups is 1. The van der Waals surface area contributed by atoms with Crippen LogP contribution >= 0.6 is 23.5 Å². The zero-order valence-corrected chi connectivity index (χ0v) is 17.2. The molecular formula is C20H19N5OS2. The fourth-order valence-electron chi connectivity index (χ4n) is 2.55. The molecule has 3 aromatic rings. The van der Waals surface area contributed by atoms with Crippen molar-refractivity contribution in [2.75, 3.05) is 11.1 Å². The standard InChI is InChI=1S/C20H19N5OS2/c1-3-14-4-6-15(7-5-14)19-23-20(25-24-19)27-11-18(26)22-17-9-8-16(28-12-21)10-13(17)2/h4-10H,3,11H2,1-2H3,(H,22,26)(H,23,24,25). The van der Waals surface area contributed by atoms with E-state index >= 15 is 0 Å². The zero-order chi connectivity index (χ0) is 19.9. The fourth-order valence-corrected chi connectivity index (χ4v) is 3.62. The lowest BCUT2D eigenvalue weighted by Gasteiger charge is -2.08. The van der Waals surface area contributed by atoms with Crippen LogP contribution in [0.5, 0.6) is 0 Å². The Balaban J connectivity index is 1.56. The third-order valence-corrected chi connectivity index (χ3v) is 5.50. The molecule has 3 rings (SSSR count). The average Bonchev–Trinajstić information content (AvgIpc) is 3.18. The van der Waals surface area contributed by atoms with E-state index in [9.17, 15) is 4.79 Å². The second-order valence-electron chi connectivity index (χ2n) is 6.02. The lowest BCUT2D eigenvalue weighted by atomic mass is 10.1. The van der Waals surface area contributed by atoms with Crippen LogP contribution in [0.15, 0.2) is 52.5 Å². The number of hydrogen-bond donors (Lipinski definition) is 2. The SMILES string of the molecule is CCc1ccc(-c2nc(SCC(=O)Nc3ccc(SC#N)cc3C)n[nH]2)cc1. The van der Waals surface area contributed by atoms with Crippen LogP contribution < -0.4 is 5.32 Å². The molecule has 1 aromatic heterocycles. The van der Waals surface area contributed by atoms with E-state index in [-0.39, 0.29) is 11.7 Å². The van der Waals surface area contributed by atoms with Gasteiger partial charge in [-0.15, -0.1) is 5.10 Å². The molecule has 28 heavy (non-hydrogen) atoms. The van der Waals surface area contributed by atoms with Gasteiger partial charge in [-0.1, -0.05) is 43.0 Å². The molecule has 8 heteroatoms. The van der Waals surface area contributed by atoms with E-state index in [1.54, 1.807) is 0 Å². The van der Waals surface area contributed by atoms with Gasteiger partial charge in [-0.05, 0) is 54.4 Å². The van der Waals surface area contributed by atoms with Crippen LogP contribution in [0.2, 0.25) is 0 Å². The summed E-state index contributed by atoms with van der Waals surface area (Å²) in [6.07, 6.45) is 0.992. The molecule has 0 aliphatic rings. The highest BCUT2D eigenvalue weighted by molar-refractivity contribution is 8.03. The van der Waals surface area contributed by atoms with E-state index in [0.29, 0.717) is 11.0 Å². The molecule has 0 bridgehead atoms. The molecule has 1 amide bonds. The van der Waals surface area contributed by atoms with Gasteiger partial charge in [0.15, 0.2) is 5.82 Å². The Kier molecular flexibility index (Phi) is 6.74.